The lowest BCUT2D eigenvalue weighted by molar-refractivity contribution is -0.150. The molecule has 2 N–H and O–H groups in total. The van der Waals surface area contributed by atoms with Crippen molar-refractivity contribution in [2.24, 2.45) is 40.7 Å². The molecule has 3 fully saturated rings. The zero-order valence-electron chi connectivity index (χ0n) is 18.9. The van der Waals surface area contributed by atoms with Crippen molar-refractivity contribution in [3.63, 3.8) is 0 Å². The first kappa shape index (κ1) is 22.5. The number of esters is 1. The number of carbonyl (C=O) groups is 2. The number of hydrogen-bond acceptors (Lipinski definition) is 4. The summed E-state index contributed by atoms with van der Waals surface area (Å²) in [6.45, 7) is 7.96. The SMILES string of the molecule is CC(C)C(N)C(=O)O[C@H]1C=C2CCC3C(CCC4(C)CCCC34)C2CC1.CC=O. The lowest BCUT2D eigenvalue weighted by Gasteiger charge is -2.53. The van der Waals surface area contributed by atoms with Crippen LogP contribution in [0.4, 0.5) is 0 Å². The van der Waals surface area contributed by atoms with Gasteiger partial charge in [-0.15, -0.1) is 0 Å². The summed E-state index contributed by atoms with van der Waals surface area (Å²) in [5.74, 6) is 3.47. The van der Waals surface area contributed by atoms with Gasteiger partial charge in [0.1, 0.15) is 18.4 Å². The molecule has 0 amide bonds. The predicted octanol–water partition coefficient (Wildman–Crippen LogP) is 5.05. The number of fused-ring (bicyclic) bond motifs is 5. The first-order chi connectivity index (χ1) is 13.8. The molecule has 0 saturated heterocycles. The number of hydrogen-bond donors (Lipinski definition) is 1. The Morgan fingerprint density at radius 1 is 1.17 bits per heavy atom. The minimum atomic E-state index is -0.500. The van der Waals surface area contributed by atoms with Crippen molar-refractivity contribution in [3.05, 3.63) is 11.6 Å². The summed E-state index contributed by atoms with van der Waals surface area (Å²) < 4.78 is 5.74. The molecule has 0 radical (unpaired) electrons. The third-order valence-electron chi connectivity index (χ3n) is 8.45. The van der Waals surface area contributed by atoms with Gasteiger partial charge in [-0.1, -0.05) is 32.8 Å². The van der Waals surface area contributed by atoms with Crippen LogP contribution in [0, 0.1) is 35.0 Å². The Balaban J connectivity index is 0.000000755. The van der Waals surface area contributed by atoms with Crippen LogP contribution >= 0.6 is 0 Å². The van der Waals surface area contributed by atoms with Crippen molar-refractivity contribution in [2.75, 3.05) is 0 Å². The van der Waals surface area contributed by atoms with E-state index in [1.807, 2.05) is 13.8 Å². The van der Waals surface area contributed by atoms with E-state index in [0.717, 1.165) is 36.4 Å². The summed E-state index contributed by atoms with van der Waals surface area (Å²) in [5.41, 5.74) is 8.20. The molecule has 0 aromatic rings. The molecule has 0 aromatic heterocycles. The van der Waals surface area contributed by atoms with E-state index in [2.05, 4.69) is 13.0 Å². The summed E-state index contributed by atoms with van der Waals surface area (Å²) >= 11 is 0. The molecule has 4 nitrogen and oxygen atoms in total. The highest BCUT2D eigenvalue weighted by atomic mass is 16.5. The highest BCUT2D eigenvalue weighted by Gasteiger charge is 2.52. The molecular weight excluding hydrogens is 362 g/mol. The number of ether oxygens (including phenoxy) is 1. The molecule has 4 heteroatoms. The molecule has 3 saturated carbocycles. The Labute approximate surface area is 177 Å². The average molecular weight is 404 g/mol. The van der Waals surface area contributed by atoms with E-state index in [-0.39, 0.29) is 18.0 Å². The lowest BCUT2D eigenvalue weighted by atomic mass is 9.52. The van der Waals surface area contributed by atoms with Crippen molar-refractivity contribution < 1.29 is 14.3 Å². The number of nitrogens with two attached hydrogens (primary N) is 1. The maximum absolute atomic E-state index is 12.2. The third kappa shape index (κ3) is 4.62. The van der Waals surface area contributed by atoms with E-state index >= 15 is 0 Å². The summed E-state index contributed by atoms with van der Waals surface area (Å²) in [7, 11) is 0. The molecule has 7 atom stereocenters. The number of carbonyl (C=O) groups excluding carboxylic acids is 2. The van der Waals surface area contributed by atoms with Crippen LogP contribution in [0.25, 0.3) is 0 Å². The van der Waals surface area contributed by atoms with E-state index in [0.29, 0.717) is 5.41 Å². The second kappa shape index (κ2) is 9.32. The molecule has 164 valence electrons. The van der Waals surface area contributed by atoms with Crippen LogP contribution < -0.4 is 5.73 Å². The summed E-state index contributed by atoms with van der Waals surface area (Å²) in [5, 5.41) is 0. The molecule has 4 aliphatic rings. The van der Waals surface area contributed by atoms with Crippen LogP contribution in [0.15, 0.2) is 11.6 Å². The molecule has 6 unspecified atom stereocenters. The van der Waals surface area contributed by atoms with Crippen molar-refractivity contribution in [3.8, 4) is 0 Å². The minimum absolute atomic E-state index is 0.0459. The van der Waals surface area contributed by atoms with E-state index in [1.54, 1.807) is 5.57 Å². The van der Waals surface area contributed by atoms with Gasteiger partial charge in [-0.25, -0.2) is 0 Å². The topological polar surface area (TPSA) is 69.4 Å². The average Bonchev–Trinajstić information content (AvgIpc) is 3.09. The minimum Gasteiger partial charge on any atom is -0.457 e. The molecule has 29 heavy (non-hydrogen) atoms. The smallest absolute Gasteiger partial charge is 0.323 e. The van der Waals surface area contributed by atoms with Crippen LogP contribution in [0.5, 0.6) is 0 Å². The quantitative estimate of drug-likeness (QED) is 0.407. The van der Waals surface area contributed by atoms with Crippen molar-refractivity contribution >= 4 is 12.3 Å². The fraction of sp³-hybridized carbons (Fsp3) is 0.840. The molecule has 0 aliphatic heterocycles. The Morgan fingerprint density at radius 2 is 1.90 bits per heavy atom. The first-order valence-corrected chi connectivity index (χ1v) is 11.9. The standard InChI is InChI=1S/C23H37NO2.C2H4O/c1-14(2)21(24)22(25)26-16-7-9-17-15(13-16)6-8-19-18(17)10-12-23(3)11-4-5-20(19)23;1-2-3/h13-14,16-21H,4-12,24H2,1-3H3;2H,1H3/t16-,17?,18?,19?,20?,21?,23?;/m1./s1. The van der Waals surface area contributed by atoms with Gasteiger partial charge in [-0.2, -0.15) is 0 Å². The maximum Gasteiger partial charge on any atom is 0.323 e. The van der Waals surface area contributed by atoms with Gasteiger partial charge in [-0.05, 0) is 99.4 Å². The van der Waals surface area contributed by atoms with Gasteiger partial charge in [-0.3, -0.25) is 4.79 Å². The normalized spacial score (nSPS) is 39.1. The summed E-state index contributed by atoms with van der Waals surface area (Å²) in [6, 6.07) is -0.500. The second-order valence-electron chi connectivity index (χ2n) is 10.5. The highest BCUT2D eigenvalue weighted by Crippen LogP contribution is 2.61. The fourth-order valence-electron chi connectivity index (χ4n) is 6.88. The van der Waals surface area contributed by atoms with Gasteiger partial charge >= 0.3 is 5.97 Å². The van der Waals surface area contributed by atoms with Gasteiger partial charge in [0.25, 0.3) is 0 Å². The number of allylic oxidation sites excluding steroid dienone is 1. The van der Waals surface area contributed by atoms with E-state index in [1.165, 1.54) is 58.3 Å². The largest absolute Gasteiger partial charge is 0.457 e. The van der Waals surface area contributed by atoms with Gasteiger partial charge in [0.05, 0.1) is 0 Å². The maximum atomic E-state index is 12.2. The van der Waals surface area contributed by atoms with Crippen LogP contribution in [0.3, 0.4) is 0 Å². The zero-order valence-corrected chi connectivity index (χ0v) is 18.9. The van der Waals surface area contributed by atoms with Crippen molar-refractivity contribution in [1.82, 2.24) is 0 Å². The van der Waals surface area contributed by atoms with Crippen LogP contribution in [-0.4, -0.2) is 24.4 Å². The van der Waals surface area contributed by atoms with Crippen molar-refractivity contribution in [1.29, 1.82) is 0 Å². The molecule has 0 heterocycles. The second-order valence-corrected chi connectivity index (χ2v) is 10.5. The van der Waals surface area contributed by atoms with Crippen molar-refractivity contribution in [2.45, 2.75) is 97.6 Å². The summed E-state index contributed by atoms with van der Waals surface area (Å²) in [4.78, 5) is 21.0. The van der Waals surface area contributed by atoms with Gasteiger partial charge < -0.3 is 15.3 Å². The Bertz CT molecular complexity index is 628. The Kier molecular flexibility index (Phi) is 7.24. The van der Waals surface area contributed by atoms with Crippen LogP contribution in [-0.2, 0) is 14.3 Å². The fourth-order valence-corrected chi connectivity index (χ4v) is 6.88. The Hall–Kier alpha value is -1.16. The number of aldehydes is 1. The van der Waals surface area contributed by atoms with Gasteiger partial charge in [0, 0.05) is 0 Å². The van der Waals surface area contributed by atoms with Crippen LogP contribution in [0.1, 0.15) is 85.5 Å². The summed E-state index contributed by atoms with van der Waals surface area (Å²) in [6.07, 6.45) is 15.0. The molecule has 0 aromatic carbocycles. The monoisotopic (exact) mass is 403 g/mol. The molecule has 0 bridgehead atoms. The highest BCUT2D eigenvalue weighted by molar-refractivity contribution is 5.76. The third-order valence-corrected chi connectivity index (χ3v) is 8.45. The molecule has 4 rings (SSSR count). The lowest BCUT2D eigenvalue weighted by Crippen LogP contribution is -2.45. The van der Waals surface area contributed by atoms with Gasteiger partial charge in [0.2, 0.25) is 0 Å². The number of rotatable bonds is 3. The van der Waals surface area contributed by atoms with E-state index in [4.69, 9.17) is 15.3 Å². The molecule has 0 spiro atoms. The first-order valence-electron chi connectivity index (χ1n) is 11.9. The Morgan fingerprint density at radius 3 is 2.59 bits per heavy atom. The van der Waals surface area contributed by atoms with E-state index < -0.39 is 6.04 Å². The predicted molar refractivity (Wildman–Crippen MR) is 116 cm³/mol. The van der Waals surface area contributed by atoms with Gasteiger partial charge in [0.15, 0.2) is 0 Å². The molecular formula is C25H41NO3. The molecule has 4 aliphatic carbocycles. The van der Waals surface area contributed by atoms with E-state index in [9.17, 15) is 4.79 Å². The zero-order chi connectivity index (χ0) is 21.2. The van der Waals surface area contributed by atoms with Crippen LogP contribution in [0.2, 0.25) is 0 Å².